The fourth-order valence-corrected chi connectivity index (χ4v) is 10.4. The molecule has 2 aromatic carbocycles. The molecule has 0 unspecified atom stereocenters. The summed E-state index contributed by atoms with van der Waals surface area (Å²) in [5.74, 6) is 0. The molecule has 0 atom stereocenters. The molecule has 2 aromatic rings. The van der Waals surface area contributed by atoms with Crippen molar-refractivity contribution in [1.29, 1.82) is 0 Å². The molecule has 0 bridgehead atoms. The van der Waals surface area contributed by atoms with Gasteiger partial charge in [-0.3, -0.25) is 0 Å². The van der Waals surface area contributed by atoms with Gasteiger partial charge in [0.25, 0.3) is 0 Å². The van der Waals surface area contributed by atoms with Gasteiger partial charge in [0.05, 0.1) is 0 Å². The van der Waals surface area contributed by atoms with Crippen molar-refractivity contribution >= 4 is 26.4 Å². The van der Waals surface area contributed by atoms with Crippen LogP contribution in [0.15, 0.2) is 24.3 Å². The minimum absolute atomic E-state index is 0. The van der Waals surface area contributed by atoms with Crippen molar-refractivity contribution in [2.24, 2.45) is 0 Å². The SMILES string of the molecule is Cc1ccccc1[P-][Si](C)(C)c1c(C)c(C)[c-](C)c1C.[Li+].[Li+]. The molecule has 0 spiro atoms. The third kappa shape index (κ3) is 4.28. The Labute approximate surface area is 163 Å². The molecule has 2 rings (SSSR count). The van der Waals surface area contributed by atoms with E-state index in [0.717, 1.165) is 0 Å². The molecule has 0 aliphatic rings. The van der Waals surface area contributed by atoms with Crippen molar-refractivity contribution in [1.82, 2.24) is 0 Å². The van der Waals surface area contributed by atoms with Gasteiger partial charge in [0, 0.05) is 0 Å². The average molecular weight is 314 g/mol. The smallest absolute Gasteiger partial charge is 0.515 e. The standard InChI is InChI=1S/C18H25PSi.2Li/c1-12-10-8-9-11-17(12)19-20(6,7)18-15(4)13(2)14(3)16(18)5;;/h8-11H,1-7H3;;/q-2;2*+1. The summed E-state index contributed by atoms with van der Waals surface area (Å²) >= 11 is 0. The monoisotopic (exact) mass is 314 g/mol. The van der Waals surface area contributed by atoms with Crippen molar-refractivity contribution < 1.29 is 37.7 Å². The van der Waals surface area contributed by atoms with Gasteiger partial charge in [-0.15, -0.1) is 20.8 Å². The van der Waals surface area contributed by atoms with Crippen LogP contribution in [0, 0.1) is 34.6 Å². The summed E-state index contributed by atoms with van der Waals surface area (Å²) in [4.78, 5) is 0. The first-order valence-electron chi connectivity index (χ1n) is 7.27. The molecule has 0 N–H and O–H groups in total. The van der Waals surface area contributed by atoms with Crippen molar-refractivity contribution in [2.45, 2.75) is 47.7 Å². The molecule has 4 heteroatoms. The second-order valence-corrected chi connectivity index (χ2v) is 14.7. The molecule has 0 saturated carbocycles. The van der Waals surface area contributed by atoms with Crippen LogP contribution in [0.5, 0.6) is 0 Å². The summed E-state index contributed by atoms with van der Waals surface area (Å²) < 4.78 is 0. The van der Waals surface area contributed by atoms with Gasteiger partial charge in [-0.2, -0.15) is 22.3 Å². The number of hydrogen-bond acceptors (Lipinski definition) is 0. The van der Waals surface area contributed by atoms with Crippen LogP contribution in [-0.4, -0.2) is 7.74 Å². The van der Waals surface area contributed by atoms with E-state index in [-0.39, 0.29) is 37.7 Å². The van der Waals surface area contributed by atoms with E-state index >= 15 is 0 Å². The molecule has 0 heterocycles. The predicted molar refractivity (Wildman–Crippen MR) is 95.8 cm³/mol. The number of rotatable bonds is 3. The van der Waals surface area contributed by atoms with E-state index in [1.165, 1.54) is 41.3 Å². The maximum Gasteiger partial charge on any atom is 1.00 e. The van der Waals surface area contributed by atoms with E-state index in [4.69, 9.17) is 0 Å². The van der Waals surface area contributed by atoms with Crippen molar-refractivity contribution in [2.75, 3.05) is 0 Å². The van der Waals surface area contributed by atoms with Gasteiger partial charge in [0.15, 0.2) is 0 Å². The minimum atomic E-state index is -1.48. The molecule has 0 saturated heterocycles. The van der Waals surface area contributed by atoms with Gasteiger partial charge in [0.2, 0.25) is 0 Å². The van der Waals surface area contributed by atoms with E-state index < -0.39 is 7.74 Å². The van der Waals surface area contributed by atoms with Crippen LogP contribution in [0.2, 0.25) is 13.1 Å². The minimum Gasteiger partial charge on any atom is -0.515 e. The normalized spacial score (nSPS) is 11.4. The maximum absolute atomic E-state index is 2.51. The molecule has 108 valence electrons. The fourth-order valence-electron chi connectivity index (χ4n) is 3.18. The average Bonchev–Trinajstić information content (AvgIpc) is 2.57. The molecule has 22 heavy (non-hydrogen) atoms. The Morgan fingerprint density at radius 2 is 1.45 bits per heavy atom. The van der Waals surface area contributed by atoms with Gasteiger partial charge in [0.1, 0.15) is 0 Å². The van der Waals surface area contributed by atoms with E-state index in [1.54, 1.807) is 5.19 Å². The quantitative estimate of drug-likeness (QED) is 0.373. The Morgan fingerprint density at radius 1 is 0.909 bits per heavy atom. The summed E-state index contributed by atoms with van der Waals surface area (Å²) in [7, 11) is 0.0527. The molecule has 0 aromatic heterocycles. The Morgan fingerprint density at radius 3 is 1.91 bits per heavy atom. The molecule has 0 aliphatic carbocycles. The number of hydrogen-bond donors (Lipinski definition) is 0. The third-order valence-electron chi connectivity index (χ3n) is 4.56. The summed E-state index contributed by atoms with van der Waals surface area (Å²) in [6.07, 6.45) is 0. The molecule has 0 amide bonds. The van der Waals surface area contributed by atoms with Crippen molar-refractivity contribution in [3.8, 4) is 0 Å². The Hall–Kier alpha value is 0.412. The molecular weight excluding hydrogens is 289 g/mol. The van der Waals surface area contributed by atoms with Crippen LogP contribution in [0.3, 0.4) is 0 Å². The molecule has 0 aliphatic heterocycles. The zero-order chi connectivity index (χ0) is 15.1. The number of aryl methyl sites for hydroxylation is 1. The first kappa shape index (κ1) is 22.4. The second kappa shape index (κ2) is 8.49. The molecule has 0 fully saturated rings. The number of benzene rings is 1. The molecule has 0 radical (unpaired) electrons. The van der Waals surface area contributed by atoms with Crippen LogP contribution in [0.1, 0.15) is 27.8 Å². The summed E-state index contributed by atoms with van der Waals surface area (Å²) in [5, 5.41) is 3.18. The Bertz CT molecular complexity index is 619. The van der Waals surface area contributed by atoms with Gasteiger partial charge in [-0.1, -0.05) is 57.5 Å². The molecular formula is C18H25Li2PSi. The van der Waals surface area contributed by atoms with Crippen molar-refractivity contribution in [3.05, 3.63) is 52.1 Å². The van der Waals surface area contributed by atoms with E-state index in [1.807, 2.05) is 0 Å². The van der Waals surface area contributed by atoms with Gasteiger partial charge >= 0.3 is 37.7 Å². The zero-order valence-electron chi connectivity index (χ0n) is 15.8. The van der Waals surface area contributed by atoms with Crippen LogP contribution in [0.4, 0.5) is 0 Å². The van der Waals surface area contributed by atoms with Gasteiger partial charge < -0.3 is 8.13 Å². The zero-order valence-corrected chi connectivity index (χ0v) is 17.7. The van der Waals surface area contributed by atoms with Crippen LogP contribution < -0.4 is 48.2 Å². The largest absolute Gasteiger partial charge is 1.00 e. The van der Waals surface area contributed by atoms with E-state index in [9.17, 15) is 0 Å². The topological polar surface area (TPSA) is 0 Å². The summed E-state index contributed by atoms with van der Waals surface area (Å²) in [6, 6.07) is 8.82. The first-order valence-corrected chi connectivity index (χ1v) is 12.0. The van der Waals surface area contributed by atoms with E-state index in [0.29, 0.717) is 0 Å². The summed E-state index contributed by atoms with van der Waals surface area (Å²) in [6.45, 7) is 16.4. The Balaban J connectivity index is 0.00000220. The molecule has 0 nitrogen and oxygen atoms in total. The van der Waals surface area contributed by atoms with Gasteiger partial charge in [-0.05, 0) is 6.92 Å². The van der Waals surface area contributed by atoms with Crippen LogP contribution in [0.25, 0.3) is 0 Å². The maximum atomic E-state index is 2.51. The predicted octanol–water partition coefficient (Wildman–Crippen LogP) is -1.36. The van der Waals surface area contributed by atoms with Crippen molar-refractivity contribution in [3.63, 3.8) is 0 Å². The van der Waals surface area contributed by atoms with E-state index in [2.05, 4.69) is 72.0 Å². The second-order valence-electron chi connectivity index (χ2n) is 6.33. The fraction of sp³-hybridized carbons (Fsp3) is 0.389. The third-order valence-corrected chi connectivity index (χ3v) is 10.9. The first-order chi connectivity index (χ1) is 9.25. The summed E-state index contributed by atoms with van der Waals surface area (Å²) in [5.41, 5.74) is 7.50. The Kier molecular flexibility index (Phi) is 8.65. The van der Waals surface area contributed by atoms with Crippen LogP contribution in [-0.2, 0) is 0 Å². The van der Waals surface area contributed by atoms with Crippen LogP contribution >= 0.6 is 8.13 Å². The van der Waals surface area contributed by atoms with Gasteiger partial charge in [-0.25, -0.2) is 10.5 Å².